The lowest BCUT2D eigenvalue weighted by Crippen LogP contribution is -2.57. The fourth-order valence-electron chi connectivity index (χ4n) is 2.16. The molecule has 2 N–H and O–H groups in total. The third kappa shape index (κ3) is 2.44. The second-order valence-corrected chi connectivity index (χ2v) is 4.57. The van der Waals surface area contributed by atoms with E-state index in [4.69, 9.17) is 0 Å². The van der Waals surface area contributed by atoms with E-state index in [0.29, 0.717) is 5.56 Å². The summed E-state index contributed by atoms with van der Waals surface area (Å²) in [6.45, 7) is 2.97. The molecule has 1 heterocycles. The molecule has 6 heteroatoms. The summed E-state index contributed by atoms with van der Waals surface area (Å²) in [6.07, 6.45) is -0.891. The van der Waals surface area contributed by atoms with Crippen LogP contribution in [0.4, 0.5) is 10.1 Å². The van der Waals surface area contributed by atoms with E-state index in [0.717, 1.165) is 0 Å². The average molecular weight is 266 g/mol. The van der Waals surface area contributed by atoms with Crippen LogP contribution >= 0.6 is 0 Å². The van der Waals surface area contributed by atoms with Gasteiger partial charge in [-0.15, -0.1) is 0 Å². The van der Waals surface area contributed by atoms with E-state index in [1.54, 1.807) is 13.0 Å². The standard InChI is InChI=1S/C13H15FN2O3/c1-7-13(19)15-11(18)6-16(7)12-9(8(2)17)4-3-5-10(12)14/h3-5,7-8,17H,6H2,1-2H3,(H,15,18,19). The van der Waals surface area contributed by atoms with E-state index in [1.165, 1.54) is 24.0 Å². The monoisotopic (exact) mass is 266 g/mol. The molecule has 1 saturated heterocycles. The van der Waals surface area contributed by atoms with Crippen molar-refractivity contribution in [1.29, 1.82) is 0 Å². The van der Waals surface area contributed by atoms with Crippen molar-refractivity contribution in [3.8, 4) is 0 Å². The number of amides is 2. The number of halogens is 1. The molecule has 0 spiro atoms. The number of hydrogen-bond donors (Lipinski definition) is 2. The Morgan fingerprint density at radius 1 is 1.47 bits per heavy atom. The van der Waals surface area contributed by atoms with Gasteiger partial charge in [0.25, 0.3) is 0 Å². The molecule has 5 nitrogen and oxygen atoms in total. The zero-order valence-corrected chi connectivity index (χ0v) is 10.7. The maximum atomic E-state index is 14.0. The Hall–Kier alpha value is -1.95. The minimum Gasteiger partial charge on any atom is -0.389 e. The number of benzene rings is 1. The normalized spacial score (nSPS) is 21.3. The van der Waals surface area contributed by atoms with Crippen LogP contribution in [0.5, 0.6) is 0 Å². The van der Waals surface area contributed by atoms with E-state index in [1.807, 2.05) is 0 Å². The molecule has 1 aliphatic heterocycles. The summed E-state index contributed by atoms with van der Waals surface area (Å²) in [5.74, 6) is -1.52. The lowest BCUT2D eigenvalue weighted by molar-refractivity contribution is -0.132. The Labute approximate surface area is 110 Å². The lowest BCUT2D eigenvalue weighted by atomic mass is 10.0. The minimum atomic E-state index is -0.891. The van der Waals surface area contributed by atoms with Gasteiger partial charge in [0, 0.05) is 5.56 Å². The van der Waals surface area contributed by atoms with Gasteiger partial charge < -0.3 is 10.0 Å². The molecule has 0 aromatic heterocycles. The van der Waals surface area contributed by atoms with Gasteiger partial charge in [0.1, 0.15) is 11.9 Å². The van der Waals surface area contributed by atoms with Gasteiger partial charge in [-0.2, -0.15) is 0 Å². The predicted octanol–water partition coefficient (Wildman–Crippen LogP) is 0.730. The topological polar surface area (TPSA) is 69.6 Å². The molecule has 1 aromatic carbocycles. The number of carbonyl (C=O) groups excluding carboxylic acids is 2. The first-order valence-corrected chi connectivity index (χ1v) is 5.98. The summed E-state index contributed by atoms with van der Waals surface area (Å²) in [4.78, 5) is 24.4. The number of anilines is 1. The van der Waals surface area contributed by atoms with Crippen molar-refractivity contribution in [1.82, 2.24) is 5.32 Å². The summed E-state index contributed by atoms with van der Waals surface area (Å²) in [7, 11) is 0. The minimum absolute atomic E-state index is 0.105. The van der Waals surface area contributed by atoms with Crippen LogP contribution < -0.4 is 10.2 Å². The van der Waals surface area contributed by atoms with Crippen LogP contribution in [0.3, 0.4) is 0 Å². The zero-order chi connectivity index (χ0) is 14.2. The van der Waals surface area contributed by atoms with Crippen LogP contribution in [0.15, 0.2) is 18.2 Å². The van der Waals surface area contributed by atoms with Crippen LogP contribution in [-0.4, -0.2) is 29.5 Å². The molecule has 0 aliphatic carbocycles. The van der Waals surface area contributed by atoms with Crippen molar-refractivity contribution in [2.75, 3.05) is 11.4 Å². The molecular formula is C13H15FN2O3. The van der Waals surface area contributed by atoms with Crippen LogP contribution in [0, 0.1) is 5.82 Å². The van der Waals surface area contributed by atoms with Crippen LogP contribution in [0.2, 0.25) is 0 Å². The molecule has 1 aliphatic rings. The number of carbonyl (C=O) groups is 2. The summed E-state index contributed by atoms with van der Waals surface area (Å²) in [5.41, 5.74) is 0.461. The first-order valence-electron chi connectivity index (χ1n) is 5.98. The summed E-state index contributed by atoms with van der Waals surface area (Å²) >= 11 is 0. The summed E-state index contributed by atoms with van der Waals surface area (Å²) < 4.78 is 14.0. The number of aliphatic hydroxyl groups excluding tert-OH is 1. The van der Waals surface area contributed by atoms with Gasteiger partial charge >= 0.3 is 0 Å². The van der Waals surface area contributed by atoms with Gasteiger partial charge in [-0.25, -0.2) is 4.39 Å². The molecule has 19 heavy (non-hydrogen) atoms. The largest absolute Gasteiger partial charge is 0.389 e. The average Bonchev–Trinajstić information content (AvgIpc) is 2.33. The Balaban J connectivity index is 2.51. The third-order valence-electron chi connectivity index (χ3n) is 3.18. The van der Waals surface area contributed by atoms with Crippen LogP contribution in [0.25, 0.3) is 0 Å². The fourth-order valence-corrected chi connectivity index (χ4v) is 2.16. The lowest BCUT2D eigenvalue weighted by Gasteiger charge is -2.35. The molecular weight excluding hydrogens is 251 g/mol. The molecule has 0 saturated carbocycles. The molecule has 1 aromatic rings. The maximum Gasteiger partial charge on any atom is 0.249 e. The molecule has 1 fully saturated rings. The molecule has 2 rings (SSSR count). The van der Waals surface area contributed by atoms with Gasteiger partial charge in [0.15, 0.2) is 0 Å². The highest BCUT2D eigenvalue weighted by atomic mass is 19.1. The zero-order valence-electron chi connectivity index (χ0n) is 10.7. The summed E-state index contributed by atoms with van der Waals surface area (Å²) in [5, 5.41) is 11.9. The highest BCUT2D eigenvalue weighted by molar-refractivity contribution is 6.04. The molecule has 102 valence electrons. The highest BCUT2D eigenvalue weighted by Gasteiger charge is 2.33. The maximum absolute atomic E-state index is 14.0. The van der Waals surface area contributed by atoms with Crippen LogP contribution in [-0.2, 0) is 9.59 Å². The number of nitrogens with one attached hydrogen (secondary N) is 1. The molecule has 2 unspecified atom stereocenters. The molecule has 0 radical (unpaired) electrons. The highest BCUT2D eigenvalue weighted by Crippen LogP contribution is 2.31. The van der Waals surface area contributed by atoms with E-state index in [2.05, 4.69) is 5.32 Å². The first-order chi connectivity index (χ1) is 8.91. The quantitative estimate of drug-likeness (QED) is 0.774. The van der Waals surface area contributed by atoms with Crippen molar-refractivity contribution in [2.24, 2.45) is 0 Å². The molecule has 2 atom stereocenters. The van der Waals surface area contributed by atoms with Gasteiger partial charge in [-0.3, -0.25) is 14.9 Å². The predicted molar refractivity (Wildman–Crippen MR) is 67.0 cm³/mol. The summed E-state index contributed by atoms with van der Waals surface area (Å²) in [6, 6.07) is 3.63. The van der Waals surface area contributed by atoms with E-state index in [9.17, 15) is 19.1 Å². The van der Waals surface area contributed by atoms with E-state index >= 15 is 0 Å². The van der Waals surface area contributed by atoms with Gasteiger partial charge in [0.05, 0.1) is 18.3 Å². The van der Waals surface area contributed by atoms with E-state index < -0.39 is 29.8 Å². The Morgan fingerprint density at radius 3 is 2.79 bits per heavy atom. The smallest absolute Gasteiger partial charge is 0.249 e. The number of imide groups is 1. The van der Waals surface area contributed by atoms with Crippen LogP contribution in [0.1, 0.15) is 25.5 Å². The Kier molecular flexibility index (Phi) is 3.53. The second-order valence-electron chi connectivity index (χ2n) is 4.57. The number of aliphatic hydroxyl groups is 1. The van der Waals surface area contributed by atoms with Crippen molar-refractivity contribution in [3.05, 3.63) is 29.6 Å². The van der Waals surface area contributed by atoms with Crippen molar-refractivity contribution < 1.29 is 19.1 Å². The number of rotatable bonds is 2. The van der Waals surface area contributed by atoms with Gasteiger partial charge in [-0.1, -0.05) is 12.1 Å². The van der Waals surface area contributed by atoms with E-state index in [-0.39, 0.29) is 12.2 Å². The third-order valence-corrected chi connectivity index (χ3v) is 3.18. The number of hydrogen-bond acceptors (Lipinski definition) is 4. The SMILES string of the molecule is CC(O)c1cccc(F)c1N1CC(=O)NC(=O)C1C. The van der Waals surface area contributed by atoms with Crippen molar-refractivity contribution in [2.45, 2.75) is 26.0 Å². The fraction of sp³-hybridized carbons (Fsp3) is 0.385. The second kappa shape index (κ2) is 4.97. The Bertz CT molecular complexity index is 531. The first kappa shape index (κ1) is 13.5. The number of para-hydroxylation sites is 1. The van der Waals surface area contributed by atoms with Crippen molar-refractivity contribution in [3.63, 3.8) is 0 Å². The van der Waals surface area contributed by atoms with Gasteiger partial charge in [0.2, 0.25) is 11.8 Å². The van der Waals surface area contributed by atoms with Crippen molar-refractivity contribution >= 4 is 17.5 Å². The number of piperazine rings is 1. The molecule has 0 bridgehead atoms. The molecule has 2 amide bonds. The Morgan fingerprint density at radius 2 is 2.16 bits per heavy atom. The number of nitrogens with zero attached hydrogens (tertiary/aromatic N) is 1. The van der Waals surface area contributed by atoms with Gasteiger partial charge in [-0.05, 0) is 19.9 Å².